The zero-order chi connectivity index (χ0) is 13.0. The molecule has 3 fully saturated rings. The average Bonchev–Trinajstić information content (AvgIpc) is 3.12. The van der Waals surface area contributed by atoms with Crippen LogP contribution in [0.1, 0.15) is 13.3 Å². The number of aliphatic hydroxyl groups is 2. The predicted octanol–water partition coefficient (Wildman–Crippen LogP) is -0.477. The summed E-state index contributed by atoms with van der Waals surface area (Å²) in [6.45, 7) is 5.85. The summed E-state index contributed by atoms with van der Waals surface area (Å²) in [5.74, 6) is -0.0579. The Labute approximate surface area is 107 Å². The van der Waals surface area contributed by atoms with Crippen molar-refractivity contribution in [3.63, 3.8) is 0 Å². The third-order valence-electron chi connectivity index (χ3n) is 2.96. The Hall–Kier alpha value is -0.240. The molecule has 0 saturated carbocycles. The second kappa shape index (κ2) is 6.79. The number of hydrogen-bond donors (Lipinski definition) is 2. The van der Waals surface area contributed by atoms with E-state index >= 15 is 0 Å². The van der Waals surface area contributed by atoms with Gasteiger partial charge >= 0.3 is 0 Å². The summed E-state index contributed by atoms with van der Waals surface area (Å²) in [6, 6.07) is 0. The van der Waals surface area contributed by atoms with Crippen LogP contribution in [0.25, 0.3) is 0 Å². The van der Waals surface area contributed by atoms with Crippen molar-refractivity contribution < 1.29 is 29.2 Å². The van der Waals surface area contributed by atoms with Crippen molar-refractivity contribution in [1.82, 2.24) is 0 Å². The van der Waals surface area contributed by atoms with Crippen LogP contribution < -0.4 is 0 Å². The van der Waals surface area contributed by atoms with E-state index in [9.17, 15) is 0 Å². The van der Waals surface area contributed by atoms with Gasteiger partial charge in [0, 0.05) is 5.92 Å². The number of ether oxygens (including phenoxy) is 4. The van der Waals surface area contributed by atoms with E-state index in [1.165, 1.54) is 0 Å². The first-order valence-corrected chi connectivity index (χ1v) is 6.44. The van der Waals surface area contributed by atoms with Gasteiger partial charge in [0.1, 0.15) is 12.2 Å². The van der Waals surface area contributed by atoms with E-state index in [1.807, 2.05) is 0 Å². The molecule has 0 amide bonds. The summed E-state index contributed by atoms with van der Waals surface area (Å²) >= 11 is 0. The molecule has 0 spiro atoms. The monoisotopic (exact) mass is 262 g/mol. The fourth-order valence-electron chi connectivity index (χ4n) is 1.40. The highest BCUT2D eigenvalue weighted by Gasteiger charge is 2.27. The minimum Gasteiger partial charge on any atom is -0.376 e. The van der Waals surface area contributed by atoms with Gasteiger partial charge in [0.15, 0.2) is 6.29 Å². The van der Waals surface area contributed by atoms with Crippen LogP contribution in [-0.4, -0.2) is 67.8 Å². The highest BCUT2D eigenvalue weighted by atomic mass is 16.6. The molecular weight excluding hydrogens is 240 g/mol. The third kappa shape index (κ3) is 6.63. The van der Waals surface area contributed by atoms with E-state index in [-0.39, 0.29) is 5.92 Å². The minimum atomic E-state index is -1.19. The lowest BCUT2D eigenvalue weighted by atomic mass is 10.1. The lowest BCUT2D eigenvalue weighted by Crippen LogP contribution is -2.17. The molecule has 3 heterocycles. The molecule has 0 aromatic carbocycles. The second-order valence-electron chi connectivity index (χ2n) is 5.03. The average molecular weight is 262 g/mol. The Morgan fingerprint density at radius 3 is 1.78 bits per heavy atom. The topological polar surface area (TPSA) is 87.3 Å². The van der Waals surface area contributed by atoms with Gasteiger partial charge in [0.05, 0.1) is 39.1 Å². The molecule has 3 rings (SSSR count). The number of rotatable bonds is 7. The second-order valence-corrected chi connectivity index (χ2v) is 5.03. The van der Waals surface area contributed by atoms with Crippen LogP contribution in [0.5, 0.6) is 0 Å². The zero-order valence-electron chi connectivity index (χ0n) is 10.7. The lowest BCUT2D eigenvalue weighted by Gasteiger charge is -2.10. The smallest absolute Gasteiger partial charge is 0.154 e. The van der Waals surface area contributed by atoms with E-state index in [0.717, 1.165) is 39.5 Å². The molecule has 6 nitrogen and oxygen atoms in total. The molecule has 18 heavy (non-hydrogen) atoms. The van der Waals surface area contributed by atoms with Gasteiger partial charge in [-0.05, 0) is 6.42 Å². The van der Waals surface area contributed by atoms with Crippen LogP contribution >= 0.6 is 0 Å². The predicted molar refractivity (Wildman–Crippen MR) is 62.0 cm³/mol. The molecule has 2 N–H and O–H groups in total. The van der Waals surface area contributed by atoms with Crippen molar-refractivity contribution in [2.75, 3.05) is 33.0 Å². The first kappa shape index (κ1) is 14.2. The van der Waals surface area contributed by atoms with Gasteiger partial charge in [-0.3, -0.25) is 0 Å². The van der Waals surface area contributed by atoms with Crippen LogP contribution in [-0.2, 0) is 18.9 Å². The molecule has 0 aromatic rings. The van der Waals surface area contributed by atoms with Gasteiger partial charge in [0.2, 0.25) is 0 Å². The van der Waals surface area contributed by atoms with Crippen molar-refractivity contribution in [3.05, 3.63) is 0 Å². The molecule has 6 heteroatoms. The Balaban J connectivity index is 0.000000134. The summed E-state index contributed by atoms with van der Waals surface area (Å²) in [4.78, 5) is 0. The standard InChI is InChI=1S/C6H10O3.C6H12O3/c1(5-3-8-5)7-2-6-4-9-6;1-4(6(7)8)2-5-3-9-5/h5-6H,1-4H2;4-8H,2-3H2,1H3. The molecule has 3 saturated heterocycles. The van der Waals surface area contributed by atoms with Crippen molar-refractivity contribution >= 4 is 0 Å². The van der Waals surface area contributed by atoms with Crippen molar-refractivity contribution in [2.24, 2.45) is 5.92 Å². The molecule has 106 valence electrons. The molecule has 4 atom stereocenters. The molecule has 0 bridgehead atoms. The SMILES string of the molecule is C(OCC1CO1)C1CO1.CC(CC1CO1)C(O)O. The van der Waals surface area contributed by atoms with E-state index in [2.05, 4.69) is 0 Å². The molecule has 3 aliphatic rings. The van der Waals surface area contributed by atoms with Crippen molar-refractivity contribution in [1.29, 1.82) is 0 Å². The minimum absolute atomic E-state index is 0.0579. The maximum absolute atomic E-state index is 8.60. The van der Waals surface area contributed by atoms with Crippen molar-refractivity contribution in [3.8, 4) is 0 Å². The van der Waals surface area contributed by atoms with Crippen LogP contribution in [0, 0.1) is 5.92 Å². The van der Waals surface area contributed by atoms with Gasteiger partial charge < -0.3 is 29.2 Å². The number of aliphatic hydroxyl groups excluding tert-OH is 1. The lowest BCUT2D eigenvalue weighted by molar-refractivity contribution is -0.0817. The largest absolute Gasteiger partial charge is 0.376 e. The molecule has 0 radical (unpaired) electrons. The summed E-state index contributed by atoms with van der Waals surface area (Å²) in [5.41, 5.74) is 0. The molecular formula is C12H22O6. The Kier molecular flexibility index (Phi) is 5.35. The summed E-state index contributed by atoms with van der Waals surface area (Å²) in [6.07, 6.45) is 0.654. The Morgan fingerprint density at radius 1 is 1.00 bits per heavy atom. The van der Waals surface area contributed by atoms with Crippen LogP contribution in [0.3, 0.4) is 0 Å². The molecule has 3 aliphatic heterocycles. The first-order chi connectivity index (χ1) is 8.65. The molecule has 0 aliphatic carbocycles. The van der Waals surface area contributed by atoms with Gasteiger partial charge in [-0.1, -0.05) is 6.92 Å². The van der Waals surface area contributed by atoms with Gasteiger partial charge in [0.25, 0.3) is 0 Å². The maximum atomic E-state index is 8.60. The number of epoxide rings is 3. The van der Waals surface area contributed by atoms with Crippen LogP contribution in [0.2, 0.25) is 0 Å². The van der Waals surface area contributed by atoms with Crippen LogP contribution in [0.4, 0.5) is 0 Å². The fourth-order valence-corrected chi connectivity index (χ4v) is 1.40. The summed E-state index contributed by atoms with van der Waals surface area (Å²) < 4.78 is 20.0. The quantitative estimate of drug-likeness (QED) is 0.476. The highest BCUT2D eigenvalue weighted by molar-refractivity contribution is 4.72. The van der Waals surface area contributed by atoms with Gasteiger partial charge in [-0.25, -0.2) is 0 Å². The van der Waals surface area contributed by atoms with E-state index in [4.69, 9.17) is 29.2 Å². The normalized spacial score (nSPS) is 33.7. The summed E-state index contributed by atoms with van der Waals surface area (Å²) in [5, 5.41) is 17.2. The van der Waals surface area contributed by atoms with E-state index < -0.39 is 6.29 Å². The first-order valence-electron chi connectivity index (χ1n) is 6.44. The number of hydrogen-bond acceptors (Lipinski definition) is 6. The third-order valence-corrected chi connectivity index (χ3v) is 2.96. The van der Waals surface area contributed by atoms with E-state index in [1.54, 1.807) is 6.92 Å². The maximum Gasteiger partial charge on any atom is 0.154 e. The van der Waals surface area contributed by atoms with Gasteiger partial charge in [-0.15, -0.1) is 0 Å². The molecule has 0 aromatic heterocycles. The summed E-state index contributed by atoms with van der Waals surface area (Å²) in [7, 11) is 0. The molecule has 4 unspecified atom stereocenters. The van der Waals surface area contributed by atoms with E-state index in [0.29, 0.717) is 18.3 Å². The Bertz CT molecular complexity index is 223. The van der Waals surface area contributed by atoms with Crippen LogP contribution in [0.15, 0.2) is 0 Å². The Morgan fingerprint density at radius 2 is 1.44 bits per heavy atom. The van der Waals surface area contributed by atoms with Crippen molar-refractivity contribution in [2.45, 2.75) is 37.9 Å². The highest BCUT2D eigenvalue weighted by Crippen LogP contribution is 2.20. The fraction of sp³-hybridized carbons (Fsp3) is 1.00. The zero-order valence-corrected chi connectivity index (χ0v) is 10.7. The van der Waals surface area contributed by atoms with Gasteiger partial charge in [-0.2, -0.15) is 0 Å².